The van der Waals surface area contributed by atoms with E-state index in [1.807, 2.05) is 30.3 Å². The quantitative estimate of drug-likeness (QED) is 0.175. The van der Waals surface area contributed by atoms with Gasteiger partial charge >= 0.3 is 0 Å². The third-order valence-corrected chi connectivity index (χ3v) is 12.5. The topological polar surface area (TPSA) is 51.8 Å². The highest BCUT2D eigenvalue weighted by molar-refractivity contribution is 7.26. The predicted molar refractivity (Wildman–Crippen MR) is 240 cm³/mol. The van der Waals surface area contributed by atoms with Gasteiger partial charge in [0.15, 0.2) is 17.5 Å². The third-order valence-electron chi connectivity index (χ3n) is 10.3. The fraction of sp³-hybridized carbons (Fsp3) is 0. The summed E-state index contributed by atoms with van der Waals surface area (Å²) in [5, 5.41) is 6.55. The smallest absolute Gasteiger partial charge is 0.164 e. The summed E-state index contributed by atoms with van der Waals surface area (Å²) < 4.78 is 94.8. The highest BCUT2D eigenvalue weighted by Gasteiger charge is 2.18. The van der Waals surface area contributed by atoms with E-state index in [1.165, 1.54) is 20.2 Å². The van der Waals surface area contributed by atoms with Crippen LogP contribution in [0.4, 0.5) is 0 Å². The van der Waals surface area contributed by atoms with Crippen molar-refractivity contribution in [2.45, 2.75) is 0 Å². The van der Waals surface area contributed by atoms with E-state index < -0.39 is 60.4 Å². The molecular weight excluding hydrogens is 735 g/mol. The van der Waals surface area contributed by atoms with Gasteiger partial charge in [-0.15, -0.1) is 22.7 Å². The lowest BCUT2D eigenvalue weighted by Gasteiger charge is -2.10. The molecule has 57 heavy (non-hydrogen) atoms. The second kappa shape index (κ2) is 12.8. The summed E-state index contributed by atoms with van der Waals surface area (Å²) in [5.41, 5.74) is 5.86. The Hall–Kier alpha value is -6.99. The Morgan fingerprint density at radius 1 is 0.386 bits per heavy atom. The molecule has 0 unspecified atom stereocenters. The monoisotopic (exact) mass is 773 g/mol. The Kier molecular flexibility index (Phi) is 5.34. The molecule has 12 rings (SSSR count). The number of hydrogen-bond acceptors (Lipinski definition) is 6. The van der Waals surface area contributed by atoms with Gasteiger partial charge in [0.25, 0.3) is 0 Å². The number of aromatic nitrogens is 3. The number of hydrogen-bond donors (Lipinski definition) is 0. The molecule has 0 aliphatic carbocycles. The van der Waals surface area contributed by atoms with Crippen molar-refractivity contribution < 1.29 is 18.1 Å². The van der Waals surface area contributed by atoms with Crippen molar-refractivity contribution >= 4 is 85.0 Å². The van der Waals surface area contributed by atoms with Crippen molar-refractivity contribution in [3.8, 4) is 56.4 Å². The molecule has 0 N–H and O–H groups in total. The molecule has 4 nitrogen and oxygen atoms in total. The molecule has 4 aromatic heterocycles. The summed E-state index contributed by atoms with van der Waals surface area (Å²) >= 11 is 3.35. The molecule has 0 aliphatic rings. The van der Waals surface area contributed by atoms with Crippen LogP contribution in [0.15, 0.2) is 180 Å². The van der Waals surface area contributed by atoms with Crippen molar-refractivity contribution in [3.63, 3.8) is 0 Å². The molecule has 0 saturated carbocycles. The first-order valence-corrected chi connectivity index (χ1v) is 19.7. The van der Waals surface area contributed by atoms with Crippen molar-refractivity contribution in [3.05, 3.63) is 176 Å². The first-order valence-electron chi connectivity index (χ1n) is 23.1. The summed E-state index contributed by atoms with van der Waals surface area (Å²) in [6.07, 6.45) is 0. The van der Waals surface area contributed by atoms with E-state index in [4.69, 9.17) is 18.1 Å². The van der Waals surface area contributed by atoms with Gasteiger partial charge in [-0.1, -0.05) is 127 Å². The highest BCUT2D eigenvalue weighted by atomic mass is 32.1. The first kappa shape index (κ1) is 23.8. The number of fused-ring (bicyclic) bond motifs is 9. The highest BCUT2D eigenvalue weighted by Crippen LogP contribution is 2.45. The van der Waals surface area contributed by atoms with Gasteiger partial charge in [-0.25, -0.2) is 15.0 Å². The van der Waals surface area contributed by atoms with Gasteiger partial charge in [-0.3, -0.25) is 0 Å². The molecule has 0 aliphatic heterocycles. The Balaban J connectivity index is 1.01. The van der Waals surface area contributed by atoms with Crippen LogP contribution < -0.4 is 0 Å². The molecule has 0 amide bonds. The minimum absolute atomic E-state index is 0.0180. The van der Waals surface area contributed by atoms with Crippen LogP contribution in [-0.2, 0) is 0 Å². The lowest BCUT2D eigenvalue weighted by atomic mass is 9.93. The lowest BCUT2D eigenvalue weighted by Crippen LogP contribution is -1.99. The fourth-order valence-corrected chi connectivity index (χ4v) is 10.0. The molecular formula is C51H29N3OS2. The summed E-state index contributed by atoms with van der Waals surface area (Å²) in [6.45, 7) is 0. The van der Waals surface area contributed by atoms with Crippen LogP contribution in [0.5, 0.6) is 0 Å². The van der Waals surface area contributed by atoms with Crippen molar-refractivity contribution in [1.29, 1.82) is 0 Å². The van der Waals surface area contributed by atoms with Crippen LogP contribution in [0, 0.1) is 0 Å². The standard InChI is InChI=1S/C51H29N3OS2/c1-3-11-30(12-4-1)49-52-50(31-13-5-2-6-14-31)54-51(53-49)34-20-23-38-37-22-19-32(27-45(37)57-46(38)28-34)35-26-40(48-39-16-8-10-18-44(39)56-47(48)29-35)33-21-24-43-41(25-33)36-15-7-9-17-42(36)55-43/h1-29H/i1D,2D,3D,4D,5D,6D,11D,12D,13D,14D. The van der Waals surface area contributed by atoms with Crippen LogP contribution in [0.2, 0.25) is 0 Å². The van der Waals surface area contributed by atoms with E-state index in [2.05, 4.69) is 93.8 Å². The average Bonchev–Trinajstić information content (AvgIpc) is 4.04. The number of benzene rings is 8. The van der Waals surface area contributed by atoms with Crippen LogP contribution in [0.25, 0.3) is 119 Å². The first-order chi connectivity index (χ1) is 32.3. The van der Waals surface area contributed by atoms with Gasteiger partial charge in [0.2, 0.25) is 0 Å². The molecule has 12 aromatic rings. The fourth-order valence-electron chi connectivity index (χ4n) is 7.69. The van der Waals surface area contributed by atoms with Gasteiger partial charge in [0.1, 0.15) is 11.2 Å². The third kappa shape index (κ3) is 5.37. The minimum atomic E-state index is -0.599. The molecule has 4 heterocycles. The summed E-state index contributed by atoms with van der Waals surface area (Å²) in [7, 11) is 0. The zero-order valence-corrected chi connectivity index (χ0v) is 31.2. The number of para-hydroxylation sites is 1. The van der Waals surface area contributed by atoms with Gasteiger partial charge in [0.05, 0.1) is 13.7 Å². The van der Waals surface area contributed by atoms with E-state index in [-0.39, 0.29) is 28.6 Å². The van der Waals surface area contributed by atoms with Crippen molar-refractivity contribution in [1.82, 2.24) is 15.0 Å². The largest absolute Gasteiger partial charge is 0.456 e. The molecule has 6 heteroatoms. The maximum Gasteiger partial charge on any atom is 0.164 e. The van der Waals surface area contributed by atoms with Crippen LogP contribution >= 0.6 is 22.7 Å². The van der Waals surface area contributed by atoms with E-state index >= 15 is 0 Å². The second-order valence-corrected chi connectivity index (χ2v) is 15.8. The minimum Gasteiger partial charge on any atom is -0.456 e. The Bertz CT molecular complexity index is 4000. The zero-order valence-electron chi connectivity index (χ0n) is 39.5. The lowest BCUT2D eigenvalue weighted by molar-refractivity contribution is 0.669. The second-order valence-electron chi connectivity index (χ2n) is 13.6. The predicted octanol–water partition coefficient (Wildman–Crippen LogP) is 14.8. The number of rotatable bonds is 5. The Labute approximate surface area is 349 Å². The molecule has 0 saturated heterocycles. The summed E-state index contributed by atoms with van der Waals surface area (Å²) in [4.78, 5) is 13.7. The number of furan rings is 1. The molecule has 266 valence electrons. The SMILES string of the molecule is [2H]c1c([2H])c([2H])c(-c2nc(-c3ccc4c(c3)sc3cc(-c5cc(-c6ccc7oc8ccccc8c7c6)c6c(c5)sc5ccccc56)ccc34)nc(-c3c([2H])c([2H])c([2H])c([2H])c3[2H])n2)c([2H])c1[2H]. The van der Waals surface area contributed by atoms with Crippen LogP contribution in [-0.4, -0.2) is 15.0 Å². The molecule has 0 bridgehead atoms. The summed E-state index contributed by atoms with van der Waals surface area (Å²) in [6, 6.07) is 33.8. The molecule has 0 fully saturated rings. The maximum atomic E-state index is 8.69. The normalized spacial score (nSPS) is 14.3. The van der Waals surface area contributed by atoms with E-state index in [1.54, 1.807) is 28.7 Å². The van der Waals surface area contributed by atoms with E-state index in [0.29, 0.717) is 5.56 Å². The van der Waals surface area contributed by atoms with Gasteiger partial charge in [0, 0.05) is 67.8 Å². The molecule has 8 aromatic carbocycles. The van der Waals surface area contributed by atoms with Crippen molar-refractivity contribution in [2.24, 2.45) is 0 Å². The Morgan fingerprint density at radius 3 is 1.68 bits per heavy atom. The zero-order chi connectivity index (χ0) is 46.2. The number of thiophene rings is 2. The van der Waals surface area contributed by atoms with Gasteiger partial charge in [-0.05, 0) is 70.8 Å². The van der Waals surface area contributed by atoms with E-state index in [9.17, 15) is 0 Å². The molecule has 0 radical (unpaired) electrons. The molecule has 0 atom stereocenters. The number of nitrogens with zero attached hydrogens (tertiary/aromatic N) is 3. The van der Waals surface area contributed by atoms with Crippen LogP contribution in [0.1, 0.15) is 13.7 Å². The molecule has 0 spiro atoms. The van der Waals surface area contributed by atoms with E-state index in [0.717, 1.165) is 64.4 Å². The Morgan fingerprint density at radius 2 is 0.947 bits per heavy atom. The average molecular weight is 774 g/mol. The van der Waals surface area contributed by atoms with Gasteiger partial charge in [-0.2, -0.15) is 0 Å². The van der Waals surface area contributed by atoms with Crippen molar-refractivity contribution in [2.75, 3.05) is 0 Å². The maximum absolute atomic E-state index is 8.69. The van der Waals surface area contributed by atoms with Crippen LogP contribution in [0.3, 0.4) is 0 Å². The summed E-state index contributed by atoms with van der Waals surface area (Å²) in [5.74, 6) is -0.597. The van der Waals surface area contributed by atoms with Gasteiger partial charge < -0.3 is 4.42 Å².